The zero-order chi connectivity index (χ0) is 24.2. The fourth-order valence-corrected chi connectivity index (χ4v) is 4.08. The first-order valence-electron chi connectivity index (χ1n) is 10.7. The number of benzene rings is 1. The highest BCUT2D eigenvalue weighted by Crippen LogP contribution is 2.31. The van der Waals surface area contributed by atoms with Crippen molar-refractivity contribution in [2.45, 2.75) is 31.5 Å². The van der Waals surface area contributed by atoms with Crippen molar-refractivity contribution >= 4 is 29.6 Å². The summed E-state index contributed by atoms with van der Waals surface area (Å²) in [6.07, 6.45) is 0.427. The molecule has 34 heavy (non-hydrogen) atoms. The van der Waals surface area contributed by atoms with Crippen LogP contribution in [-0.4, -0.2) is 67.4 Å². The number of nitrogens with zero attached hydrogens (tertiary/aromatic N) is 2. The Morgan fingerprint density at radius 3 is 2.74 bits per heavy atom. The van der Waals surface area contributed by atoms with Crippen molar-refractivity contribution in [3.63, 3.8) is 0 Å². The van der Waals surface area contributed by atoms with Crippen LogP contribution in [0.4, 0.5) is 4.79 Å². The smallest absolute Gasteiger partial charge is 0.410 e. The molecule has 10 nitrogen and oxygen atoms in total. The molecule has 2 aliphatic rings. The third-order valence-electron chi connectivity index (χ3n) is 5.73. The van der Waals surface area contributed by atoms with Crippen LogP contribution < -0.4 is 14.8 Å². The van der Waals surface area contributed by atoms with E-state index in [2.05, 4.69) is 10.3 Å². The second kappa shape index (κ2) is 10.2. The molecule has 0 radical (unpaired) electrons. The van der Waals surface area contributed by atoms with E-state index in [1.807, 2.05) is 0 Å². The van der Waals surface area contributed by atoms with Gasteiger partial charge in [-0.15, -0.1) is 0 Å². The summed E-state index contributed by atoms with van der Waals surface area (Å²) < 4.78 is 21.3. The number of carbonyl (C=O) groups excluding carboxylic acids is 3. The number of cyclic esters (lactones) is 1. The summed E-state index contributed by atoms with van der Waals surface area (Å²) in [7, 11) is 2.58. The Kier molecular flexibility index (Phi) is 7.06. The van der Waals surface area contributed by atoms with Crippen LogP contribution in [0.2, 0.25) is 5.02 Å². The molecule has 2 aromatic rings. The number of piperidine rings is 1. The van der Waals surface area contributed by atoms with Crippen LogP contribution in [0.5, 0.6) is 11.6 Å². The maximum Gasteiger partial charge on any atom is 0.410 e. The summed E-state index contributed by atoms with van der Waals surface area (Å²) in [4.78, 5) is 43.0. The average Bonchev–Trinajstić information content (AvgIpc) is 3.22. The minimum atomic E-state index is -0.724. The van der Waals surface area contributed by atoms with Gasteiger partial charge < -0.3 is 29.2 Å². The van der Waals surface area contributed by atoms with E-state index in [0.29, 0.717) is 31.0 Å². The molecule has 0 aliphatic carbocycles. The number of pyridine rings is 1. The molecule has 0 bridgehead atoms. The minimum absolute atomic E-state index is 0.0361. The lowest BCUT2D eigenvalue weighted by Gasteiger charge is -2.32. The monoisotopic (exact) mass is 489 g/mol. The number of carbonyl (C=O) groups is 3. The van der Waals surface area contributed by atoms with E-state index < -0.39 is 11.9 Å². The van der Waals surface area contributed by atoms with Crippen molar-refractivity contribution in [2.24, 2.45) is 0 Å². The predicted molar refractivity (Wildman–Crippen MR) is 120 cm³/mol. The maximum atomic E-state index is 13.0. The van der Waals surface area contributed by atoms with E-state index in [4.69, 9.17) is 30.5 Å². The number of fused-ring (bicyclic) bond motifs is 1. The first kappa shape index (κ1) is 23.6. The highest BCUT2D eigenvalue weighted by atomic mass is 35.5. The Labute approximate surface area is 201 Å². The number of amides is 2. The van der Waals surface area contributed by atoms with E-state index >= 15 is 0 Å². The number of rotatable bonds is 7. The van der Waals surface area contributed by atoms with E-state index in [1.54, 1.807) is 29.2 Å². The van der Waals surface area contributed by atoms with Crippen molar-refractivity contribution in [1.29, 1.82) is 0 Å². The largest absolute Gasteiger partial charge is 0.488 e. The Morgan fingerprint density at radius 2 is 2.03 bits per heavy atom. The number of esters is 1. The van der Waals surface area contributed by atoms with Gasteiger partial charge in [0.25, 0.3) is 5.91 Å². The van der Waals surface area contributed by atoms with Crippen molar-refractivity contribution in [1.82, 2.24) is 15.2 Å². The summed E-state index contributed by atoms with van der Waals surface area (Å²) in [6.45, 7) is 1.02. The number of hydrogen-bond acceptors (Lipinski definition) is 8. The van der Waals surface area contributed by atoms with Gasteiger partial charge in [-0.3, -0.25) is 4.79 Å². The molecule has 11 heteroatoms. The molecule has 4 rings (SSSR count). The van der Waals surface area contributed by atoms with Crippen LogP contribution in [0.3, 0.4) is 0 Å². The summed E-state index contributed by atoms with van der Waals surface area (Å²) in [5, 5.41) is 3.40. The van der Waals surface area contributed by atoms with Crippen molar-refractivity contribution in [2.75, 3.05) is 27.4 Å². The fraction of sp³-hybridized carbons (Fsp3) is 0.391. The van der Waals surface area contributed by atoms with Crippen LogP contribution in [0, 0.1) is 0 Å². The van der Waals surface area contributed by atoms with Gasteiger partial charge in [-0.05, 0) is 17.7 Å². The molecule has 1 N–H and O–H groups in total. The van der Waals surface area contributed by atoms with Gasteiger partial charge in [-0.25, -0.2) is 14.6 Å². The zero-order valence-electron chi connectivity index (χ0n) is 18.7. The number of halogens is 1. The third-order valence-corrected chi connectivity index (χ3v) is 5.98. The number of aromatic nitrogens is 1. The molecule has 2 saturated heterocycles. The quantitative estimate of drug-likeness (QED) is 0.590. The summed E-state index contributed by atoms with van der Waals surface area (Å²) in [5.41, 5.74) is 0.859. The number of ether oxygens (including phenoxy) is 4. The minimum Gasteiger partial charge on any atom is -0.488 e. The average molecular weight is 490 g/mol. The van der Waals surface area contributed by atoms with Crippen LogP contribution in [-0.2, 0) is 16.0 Å². The molecule has 2 atom stereocenters. The Morgan fingerprint density at radius 1 is 1.26 bits per heavy atom. The molecule has 2 aliphatic heterocycles. The Bertz CT molecular complexity index is 1090. The van der Waals surface area contributed by atoms with Crippen LogP contribution in [0.15, 0.2) is 30.3 Å². The molecular weight excluding hydrogens is 466 g/mol. The number of methoxy groups -OCH3 is 2. The molecule has 0 unspecified atom stereocenters. The van der Waals surface area contributed by atoms with Gasteiger partial charge in [0.2, 0.25) is 5.88 Å². The number of nitrogens with one attached hydrogen (secondary N) is 1. The van der Waals surface area contributed by atoms with Gasteiger partial charge in [-0.1, -0.05) is 23.7 Å². The fourth-order valence-electron chi connectivity index (χ4n) is 3.96. The molecule has 180 valence electrons. The first-order valence-corrected chi connectivity index (χ1v) is 11.1. The summed E-state index contributed by atoms with van der Waals surface area (Å²) in [5.74, 6) is -1.11. The predicted octanol–water partition coefficient (Wildman–Crippen LogP) is 2.82. The topological polar surface area (TPSA) is 116 Å². The molecule has 3 heterocycles. The van der Waals surface area contributed by atoms with Gasteiger partial charge >= 0.3 is 12.1 Å². The normalized spacial score (nSPS) is 19.1. The van der Waals surface area contributed by atoms with Crippen LogP contribution in [0.1, 0.15) is 39.3 Å². The van der Waals surface area contributed by atoms with E-state index in [1.165, 1.54) is 20.3 Å². The maximum absolute atomic E-state index is 13.0. The van der Waals surface area contributed by atoms with Gasteiger partial charge in [0.1, 0.15) is 18.3 Å². The van der Waals surface area contributed by atoms with Gasteiger partial charge in [0, 0.05) is 37.0 Å². The molecule has 1 aromatic heterocycles. The molecule has 0 spiro atoms. The molecule has 1 aromatic carbocycles. The Hall–Kier alpha value is -3.53. The second-order valence-corrected chi connectivity index (χ2v) is 8.32. The van der Waals surface area contributed by atoms with Crippen molar-refractivity contribution < 1.29 is 33.3 Å². The lowest BCUT2D eigenvalue weighted by molar-refractivity contribution is 0.0572. The molecule has 2 amide bonds. The van der Waals surface area contributed by atoms with E-state index in [0.717, 1.165) is 5.56 Å². The van der Waals surface area contributed by atoms with Gasteiger partial charge in [-0.2, -0.15) is 0 Å². The lowest BCUT2D eigenvalue weighted by Crippen LogP contribution is -2.44. The molecule has 2 fully saturated rings. The summed E-state index contributed by atoms with van der Waals surface area (Å²) in [6, 6.07) is 8.40. The van der Waals surface area contributed by atoms with Crippen LogP contribution >= 0.6 is 11.6 Å². The van der Waals surface area contributed by atoms with Crippen molar-refractivity contribution in [3.05, 3.63) is 52.2 Å². The SMILES string of the molecule is COC(=O)c1nc(OC)c(C(=O)NCc2ccc(Cl)cc2)cc1O[C@H]1CCN2C(=O)OC[C@@H]2C1. The van der Waals surface area contributed by atoms with Crippen LogP contribution in [0.25, 0.3) is 0 Å². The standard InChI is InChI=1S/C23H24ClN3O7/c1-31-21-17(20(28)25-11-13-3-5-14(24)6-4-13)10-18(19(26-21)22(29)32-2)34-16-7-8-27-15(9-16)12-33-23(27)30/h3-6,10,15-16H,7-9,11-12H2,1-2H3,(H,25,28)/t15-,16-/m0/s1. The first-order chi connectivity index (χ1) is 16.4. The van der Waals surface area contributed by atoms with E-state index in [9.17, 15) is 14.4 Å². The highest BCUT2D eigenvalue weighted by Gasteiger charge is 2.39. The number of hydrogen-bond donors (Lipinski definition) is 1. The van der Waals surface area contributed by atoms with Gasteiger partial charge in [0.05, 0.1) is 20.3 Å². The second-order valence-electron chi connectivity index (χ2n) is 7.88. The third kappa shape index (κ3) is 5.01. The van der Waals surface area contributed by atoms with Gasteiger partial charge in [0.15, 0.2) is 11.4 Å². The molecule has 0 saturated carbocycles. The summed E-state index contributed by atoms with van der Waals surface area (Å²) >= 11 is 5.91. The zero-order valence-corrected chi connectivity index (χ0v) is 19.5. The van der Waals surface area contributed by atoms with Crippen molar-refractivity contribution in [3.8, 4) is 11.6 Å². The highest BCUT2D eigenvalue weighted by molar-refractivity contribution is 6.30. The Balaban J connectivity index is 1.56. The molecular formula is C23H24ClN3O7. The lowest BCUT2D eigenvalue weighted by atomic mass is 10.0. The van der Waals surface area contributed by atoms with E-state index in [-0.39, 0.29) is 47.7 Å².